The Hall–Kier alpha value is -0.610. The zero-order valence-electron chi connectivity index (χ0n) is 12.9. The van der Waals surface area contributed by atoms with Gasteiger partial charge in [-0.1, -0.05) is 20.3 Å². The summed E-state index contributed by atoms with van der Waals surface area (Å²) in [4.78, 5) is 0.571. The van der Waals surface area contributed by atoms with Crippen molar-refractivity contribution in [1.29, 1.82) is 0 Å². The van der Waals surface area contributed by atoms with Crippen molar-refractivity contribution >= 4 is 11.8 Å². The maximum atomic E-state index is 13.9. The summed E-state index contributed by atoms with van der Waals surface area (Å²) >= 11 is 1.57. The van der Waals surface area contributed by atoms with Crippen LogP contribution in [0, 0.1) is 17.6 Å². The van der Waals surface area contributed by atoms with Gasteiger partial charge in [0.2, 0.25) is 0 Å². The van der Waals surface area contributed by atoms with E-state index < -0.39 is 11.6 Å². The van der Waals surface area contributed by atoms with Crippen LogP contribution in [0.2, 0.25) is 0 Å². The van der Waals surface area contributed by atoms with Gasteiger partial charge in [-0.25, -0.2) is 8.78 Å². The van der Waals surface area contributed by atoms with E-state index in [4.69, 9.17) is 0 Å². The molecule has 4 heteroatoms. The van der Waals surface area contributed by atoms with Crippen LogP contribution < -0.4 is 5.32 Å². The molecule has 0 aromatic heterocycles. The molecule has 0 bridgehead atoms. The molecule has 1 aromatic carbocycles. The van der Waals surface area contributed by atoms with Crippen LogP contribution in [0.15, 0.2) is 23.1 Å². The summed E-state index contributed by atoms with van der Waals surface area (Å²) in [5.74, 6) is -0.217. The first-order chi connectivity index (χ1) is 10.1. The molecule has 2 rings (SSSR count). The Morgan fingerprint density at radius 3 is 2.71 bits per heavy atom. The van der Waals surface area contributed by atoms with Gasteiger partial charge in [-0.05, 0) is 50.3 Å². The molecule has 1 aliphatic carbocycles. The summed E-state index contributed by atoms with van der Waals surface area (Å²) in [7, 11) is 0. The molecule has 0 radical (unpaired) electrons. The van der Waals surface area contributed by atoms with Crippen molar-refractivity contribution in [2.45, 2.75) is 62.1 Å². The van der Waals surface area contributed by atoms with Crippen molar-refractivity contribution in [3.8, 4) is 0 Å². The first kappa shape index (κ1) is 16.8. The van der Waals surface area contributed by atoms with E-state index >= 15 is 0 Å². The van der Waals surface area contributed by atoms with Gasteiger partial charge in [-0.2, -0.15) is 0 Å². The molecule has 1 nitrogen and oxygen atoms in total. The fourth-order valence-corrected chi connectivity index (χ4v) is 4.42. The number of rotatable bonds is 6. The maximum Gasteiger partial charge on any atom is 0.139 e. The average Bonchev–Trinajstić information content (AvgIpc) is 2.48. The van der Waals surface area contributed by atoms with Crippen LogP contribution in [0.4, 0.5) is 8.78 Å². The summed E-state index contributed by atoms with van der Waals surface area (Å²) in [5.41, 5.74) is 0. The minimum atomic E-state index is -0.507. The van der Waals surface area contributed by atoms with Crippen LogP contribution in [0.25, 0.3) is 0 Å². The molecule has 0 heterocycles. The van der Waals surface area contributed by atoms with E-state index in [0.29, 0.717) is 16.2 Å². The lowest BCUT2D eigenvalue weighted by Crippen LogP contribution is -2.42. The van der Waals surface area contributed by atoms with E-state index in [-0.39, 0.29) is 0 Å². The molecule has 118 valence electrons. The Kier molecular flexibility index (Phi) is 6.49. The molecule has 1 saturated carbocycles. The summed E-state index contributed by atoms with van der Waals surface area (Å²) in [6, 6.07) is 4.33. The first-order valence-electron chi connectivity index (χ1n) is 7.99. The molecule has 0 amide bonds. The van der Waals surface area contributed by atoms with E-state index in [9.17, 15) is 8.78 Å². The molecule has 0 saturated heterocycles. The molecular weight excluding hydrogens is 288 g/mol. The van der Waals surface area contributed by atoms with Crippen LogP contribution in [-0.2, 0) is 0 Å². The topological polar surface area (TPSA) is 12.0 Å². The lowest BCUT2D eigenvalue weighted by Gasteiger charge is -2.36. The van der Waals surface area contributed by atoms with E-state index in [1.165, 1.54) is 18.9 Å². The third-order valence-electron chi connectivity index (χ3n) is 4.31. The van der Waals surface area contributed by atoms with Gasteiger partial charge in [0, 0.05) is 22.3 Å². The SMILES string of the molecule is CCCNC1CCC(CC)CC1Sc1ccc(F)cc1F. The molecule has 3 atom stereocenters. The van der Waals surface area contributed by atoms with E-state index in [0.717, 1.165) is 37.8 Å². The summed E-state index contributed by atoms with van der Waals surface area (Å²) in [6.07, 6.45) is 5.80. The molecule has 1 N–H and O–H groups in total. The van der Waals surface area contributed by atoms with Crippen molar-refractivity contribution in [3.05, 3.63) is 29.8 Å². The predicted molar refractivity (Wildman–Crippen MR) is 85.7 cm³/mol. The van der Waals surface area contributed by atoms with Crippen molar-refractivity contribution in [1.82, 2.24) is 5.32 Å². The van der Waals surface area contributed by atoms with Gasteiger partial charge in [0.15, 0.2) is 0 Å². The van der Waals surface area contributed by atoms with Gasteiger partial charge < -0.3 is 5.32 Å². The van der Waals surface area contributed by atoms with Gasteiger partial charge in [0.1, 0.15) is 11.6 Å². The van der Waals surface area contributed by atoms with Crippen LogP contribution in [0.5, 0.6) is 0 Å². The van der Waals surface area contributed by atoms with E-state index in [1.54, 1.807) is 17.8 Å². The average molecular weight is 313 g/mol. The Balaban J connectivity index is 2.07. The van der Waals surface area contributed by atoms with Crippen molar-refractivity contribution in [3.63, 3.8) is 0 Å². The molecule has 1 aliphatic rings. The fraction of sp³-hybridized carbons (Fsp3) is 0.647. The van der Waals surface area contributed by atoms with Crippen LogP contribution in [0.1, 0.15) is 46.0 Å². The third kappa shape index (κ3) is 4.68. The van der Waals surface area contributed by atoms with Gasteiger partial charge in [0.05, 0.1) is 0 Å². The highest BCUT2D eigenvalue weighted by atomic mass is 32.2. The Labute approximate surface area is 130 Å². The highest BCUT2D eigenvalue weighted by molar-refractivity contribution is 8.00. The molecular formula is C17H25F2NS. The highest BCUT2D eigenvalue weighted by Crippen LogP contribution is 2.38. The predicted octanol–water partition coefficient (Wildman–Crippen LogP) is 5.00. The van der Waals surface area contributed by atoms with Gasteiger partial charge >= 0.3 is 0 Å². The van der Waals surface area contributed by atoms with Crippen molar-refractivity contribution in [2.24, 2.45) is 5.92 Å². The maximum absolute atomic E-state index is 13.9. The number of nitrogens with one attached hydrogen (secondary N) is 1. The zero-order valence-corrected chi connectivity index (χ0v) is 13.7. The Morgan fingerprint density at radius 2 is 2.05 bits per heavy atom. The molecule has 0 aliphatic heterocycles. The second kappa shape index (κ2) is 8.14. The summed E-state index contributed by atoms with van der Waals surface area (Å²) in [5, 5.41) is 3.97. The molecule has 0 spiro atoms. The van der Waals surface area contributed by atoms with E-state index in [1.807, 2.05) is 0 Å². The third-order valence-corrected chi connectivity index (χ3v) is 5.72. The number of hydrogen-bond acceptors (Lipinski definition) is 2. The number of thioether (sulfide) groups is 1. The molecule has 1 aromatic rings. The number of benzene rings is 1. The second-order valence-corrected chi connectivity index (χ2v) is 7.16. The zero-order chi connectivity index (χ0) is 15.2. The second-order valence-electron chi connectivity index (χ2n) is 5.88. The lowest BCUT2D eigenvalue weighted by atomic mass is 9.84. The summed E-state index contributed by atoms with van der Waals surface area (Å²) in [6.45, 7) is 5.39. The molecule has 1 fully saturated rings. The summed E-state index contributed by atoms with van der Waals surface area (Å²) < 4.78 is 26.9. The van der Waals surface area contributed by atoms with E-state index in [2.05, 4.69) is 19.2 Å². The van der Waals surface area contributed by atoms with Crippen LogP contribution in [-0.4, -0.2) is 17.8 Å². The van der Waals surface area contributed by atoms with Gasteiger partial charge in [-0.3, -0.25) is 0 Å². The first-order valence-corrected chi connectivity index (χ1v) is 8.87. The number of halogens is 2. The van der Waals surface area contributed by atoms with Gasteiger partial charge in [0.25, 0.3) is 0 Å². The fourth-order valence-electron chi connectivity index (χ4n) is 3.01. The lowest BCUT2D eigenvalue weighted by molar-refractivity contribution is 0.295. The smallest absolute Gasteiger partial charge is 0.139 e. The number of hydrogen-bond donors (Lipinski definition) is 1. The molecule has 21 heavy (non-hydrogen) atoms. The van der Waals surface area contributed by atoms with Crippen molar-refractivity contribution in [2.75, 3.05) is 6.54 Å². The minimum Gasteiger partial charge on any atom is -0.313 e. The minimum absolute atomic E-state index is 0.371. The normalized spacial score (nSPS) is 26.0. The highest BCUT2D eigenvalue weighted by Gasteiger charge is 2.30. The Morgan fingerprint density at radius 1 is 1.24 bits per heavy atom. The monoisotopic (exact) mass is 313 g/mol. The standard InChI is InChI=1S/C17H25F2NS/c1-3-9-20-15-7-5-12(4-2)10-17(15)21-16-8-6-13(18)11-14(16)19/h6,8,11-12,15,17,20H,3-5,7,9-10H2,1-2H3. The van der Waals surface area contributed by atoms with Gasteiger partial charge in [-0.15, -0.1) is 11.8 Å². The molecule has 3 unspecified atom stereocenters. The van der Waals surface area contributed by atoms with Crippen LogP contribution >= 0.6 is 11.8 Å². The van der Waals surface area contributed by atoms with Crippen LogP contribution in [0.3, 0.4) is 0 Å². The quantitative estimate of drug-likeness (QED) is 0.793. The Bertz CT molecular complexity index is 452. The van der Waals surface area contributed by atoms with Crippen molar-refractivity contribution < 1.29 is 8.78 Å². The largest absolute Gasteiger partial charge is 0.313 e.